The van der Waals surface area contributed by atoms with Gasteiger partial charge >= 0.3 is 0 Å². The zero-order chi connectivity index (χ0) is 23.4. The minimum atomic E-state index is -4.30. The summed E-state index contributed by atoms with van der Waals surface area (Å²) < 4.78 is 59.9. The van der Waals surface area contributed by atoms with E-state index in [4.69, 9.17) is 4.74 Å². The van der Waals surface area contributed by atoms with E-state index in [9.17, 15) is 22.0 Å². The van der Waals surface area contributed by atoms with Crippen LogP contribution in [-0.2, 0) is 19.6 Å². The van der Waals surface area contributed by atoms with Crippen molar-refractivity contribution in [3.8, 4) is 0 Å². The predicted molar refractivity (Wildman–Crippen MR) is 120 cm³/mol. The van der Waals surface area contributed by atoms with E-state index in [1.165, 1.54) is 0 Å². The second kappa shape index (κ2) is 10.1. The lowest BCUT2D eigenvalue weighted by Gasteiger charge is -2.34. The molecule has 2 aliphatic rings. The maximum absolute atomic E-state index is 14.0. The third-order valence-electron chi connectivity index (χ3n) is 5.75. The number of piperazine rings is 1. The van der Waals surface area contributed by atoms with Gasteiger partial charge in [0, 0.05) is 39.3 Å². The molecule has 11 heteroatoms. The standard InChI is InChI=1S/C22H26F2N4O4S/c23-17-4-3-5-18(24)22(17)33(30,31)28-10-8-26(9-11-28)16-21(29)25-19-6-1-2-7-20(19)27-12-14-32-15-13-27/h1-7H,8-16H2,(H,25,29). The summed E-state index contributed by atoms with van der Waals surface area (Å²) in [6.45, 7) is 3.44. The number of para-hydroxylation sites is 2. The fourth-order valence-corrected chi connectivity index (χ4v) is 5.57. The average molecular weight is 481 g/mol. The van der Waals surface area contributed by atoms with Gasteiger partial charge in [0.05, 0.1) is 31.1 Å². The number of anilines is 2. The highest BCUT2D eigenvalue weighted by Gasteiger charge is 2.33. The largest absolute Gasteiger partial charge is 0.378 e. The van der Waals surface area contributed by atoms with Crippen LogP contribution in [0, 0.1) is 11.6 Å². The number of sulfonamides is 1. The Labute approximate surface area is 191 Å². The van der Waals surface area contributed by atoms with Gasteiger partial charge in [-0.1, -0.05) is 18.2 Å². The molecule has 1 N–H and O–H groups in total. The third kappa shape index (κ3) is 5.32. The van der Waals surface area contributed by atoms with Crippen molar-refractivity contribution >= 4 is 27.3 Å². The maximum Gasteiger partial charge on any atom is 0.249 e. The first kappa shape index (κ1) is 23.6. The summed E-state index contributed by atoms with van der Waals surface area (Å²) in [4.78, 5) is 15.7. The highest BCUT2D eigenvalue weighted by atomic mass is 32.2. The molecule has 33 heavy (non-hydrogen) atoms. The topological polar surface area (TPSA) is 82.2 Å². The van der Waals surface area contributed by atoms with Gasteiger partial charge in [-0.05, 0) is 24.3 Å². The third-order valence-corrected chi connectivity index (χ3v) is 7.70. The summed E-state index contributed by atoms with van der Waals surface area (Å²) in [6, 6.07) is 10.5. The summed E-state index contributed by atoms with van der Waals surface area (Å²) in [5.74, 6) is -2.45. The first-order valence-electron chi connectivity index (χ1n) is 10.7. The molecule has 2 aliphatic heterocycles. The van der Waals surface area contributed by atoms with E-state index in [-0.39, 0.29) is 38.6 Å². The minimum Gasteiger partial charge on any atom is -0.378 e. The molecule has 0 bridgehead atoms. The molecular weight excluding hydrogens is 454 g/mol. The number of amides is 1. The molecule has 0 aliphatic carbocycles. The van der Waals surface area contributed by atoms with Gasteiger partial charge in [-0.25, -0.2) is 17.2 Å². The normalized spacial score (nSPS) is 18.3. The highest BCUT2D eigenvalue weighted by Crippen LogP contribution is 2.27. The lowest BCUT2D eigenvalue weighted by atomic mass is 10.2. The van der Waals surface area contributed by atoms with Gasteiger partial charge in [0.15, 0.2) is 4.90 Å². The molecule has 2 heterocycles. The molecule has 0 radical (unpaired) electrons. The number of benzene rings is 2. The van der Waals surface area contributed by atoms with Crippen molar-refractivity contribution in [3.63, 3.8) is 0 Å². The van der Waals surface area contributed by atoms with E-state index in [0.717, 1.165) is 41.3 Å². The SMILES string of the molecule is O=C(CN1CCN(S(=O)(=O)c2c(F)cccc2F)CC1)Nc1ccccc1N1CCOCC1. The number of ether oxygens (including phenoxy) is 1. The number of nitrogens with zero attached hydrogens (tertiary/aromatic N) is 3. The fourth-order valence-electron chi connectivity index (χ4n) is 4.04. The van der Waals surface area contributed by atoms with Crippen molar-refractivity contribution < 1.29 is 26.7 Å². The lowest BCUT2D eigenvalue weighted by molar-refractivity contribution is -0.117. The molecule has 0 unspecified atom stereocenters. The molecule has 0 spiro atoms. The van der Waals surface area contributed by atoms with E-state index < -0.39 is 26.6 Å². The van der Waals surface area contributed by atoms with Crippen LogP contribution in [0.1, 0.15) is 0 Å². The van der Waals surface area contributed by atoms with Crippen LogP contribution in [0.3, 0.4) is 0 Å². The van der Waals surface area contributed by atoms with E-state index in [1.54, 1.807) is 0 Å². The van der Waals surface area contributed by atoms with Crippen molar-refractivity contribution in [3.05, 3.63) is 54.1 Å². The predicted octanol–water partition coefficient (Wildman–Crippen LogP) is 1.75. The van der Waals surface area contributed by atoms with Crippen molar-refractivity contribution in [2.24, 2.45) is 0 Å². The molecule has 8 nitrogen and oxygen atoms in total. The van der Waals surface area contributed by atoms with Crippen LogP contribution in [-0.4, -0.2) is 82.6 Å². The smallest absolute Gasteiger partial charge is 0.249 e. The van der Waals surface area contributed by atoms with Crippen LogP contribution in [0.5, 0.6) is 0 Å². The molecule has 2 aromatic rings. The molecule has 0 aromatic heterocycles. The molecule has 0 atom stereocenters. The van der Waals surface area contributed by atoms with E-state index in [0.29, 0.717) is 18.9 Å². The van der Waals surface area contributed by atoms with E-state index in [1.807, 2.05) is 29.2 Å². The fraction of sp³-hybridized carbons (Fsp3) is 0.409. The molecule has 1 amide bonds. The Hall–Kier alpha value is -2.60. The minimum absolute atomic E-state index is 0.0355. The first-order valence-corrected chi connectivity index (χ1v) is 12.2. The summed E-state index contributed by atoms with van der Waals surface area (Å²) in [5.41, 5.74) is 1.64. The number of halogens is 2. The van der Waals surface area contributed by atoms with Crippen LogP contribution < -0.4 is 10.2 Å². The van der Waals surface area contributed by atoms with Crippen molar-refractivity contribution in [2.75, 3.05) is 69.2 Å². The van der Waals surface area contributed by atoms with Gasteiger partial charge in [-0.15, -0.1) is 0 Å². The Bertz CT molecular complexity index is 1080. The number of carbonyl (C=O) groups is 1. The maximum atomic E-state index is 14.0. The Morgan fingerprint density at radius 3 is 2.21 bits per heavy atom. The summed E-state index contributed by atoms with van der Waals surface area (Å²) in [6.07, 6.45) is 0. The van der Waals surface area contributed by atoms with Gasteiger partial charge in [-0.2, -0.15) is 4.31 Å². The van der Waals surface area contributed by atoms with Crippen LogP contribution in [0.25, 0.3) is 0 Å². The Kier molecular flexibility index (Phi) is 7.23. The second-order valence-corrected chi connectivity index (χ2v) is 9.77. The number of rotatable bonds is 6. The number of morpholine rings is 1. The van der Waals surface area contributed by atoms with Crippen molar-refractivity contribution in [2.45, 2.75) is 4.90 Å². The van der Waals surface area contributed by atoms with Crippen LogP contribution in [0.15, 0.2) is 47.4 Å². The zero-order valence-corrected chi connectivity index (χ0v) is 18.9. The van der Waals surface area contributed by atoms with Gasteiger partial charge in [-0.3, -0.25) is 9.69 Å². The van der Waals surface area contributed by atoms with E-state index in [2.05, 4.69) is 10.2 Å². The first-order chi connectivity index (χ1) is 15.9. The Morgan fingerprint density at radius 1 is 0.909 bits per heavy atom. The monoisotopic (exact) mass is 480 g/mol. The number of nitrogens with one attached hydrogen (secondary N) is 1. The van der Waals surface area contributed by atoms with Crippen LogP contribution >= 0.6 is 0 Å². The molecule has 2 aromatic carbocycles. The van der Waals surface area contributed by atoms with E-state index >= 15 is 0 Å². The molecule has 4 rings (SSSR count). The van der Waals surface area contributed by atoms with Gasteiger partial charge in [0.2, 0.25) is 15.9 Å². The lowest BCUT2D eigenvalue weighted by Crippen LogP contribution is -2.50. The van der Waals surface area contributed by atoms with Gasteiger partial charge in [0.25, 0.3) is 0 Å². The Balaban J connectivity index is 1.35. The van der Waals surface area contributed by atoms with Crippen LogP contribution in [0.2, 0.25) is 0 Å². The number of hydrogen-bond acceptors (Lipinski definition) is 6. The number of carbonyl (C=O) groups excluding carboxylic acids is 1. The molecule has 178 valence electrons. The molecule has 0 saturated carbocycles. The summed E-state index contributed by atoms with van der Waals surface area (Å²) in [5, 5.41) is 2.94. The van der Waals surface area contributed by atoms with Gasteiger partial charge in [0.1, 0.15) is 11.6 Å². The van der Waals surface area contributed by atoms with Crippen LogP contribution in [0.4, 0.5) is 20.2 Å². The quantitative estimate of drug-likeness (QED) is 0.679. The highest BCUT2D eigenvalue weighted by molar-refractivity contribution is 7.89. The molecular formula is C22H26F2N4O4S. The second-order valence-electron chi connectivity index (χ2n) is 7.90. The zero-order valence-electron chi connectivity index (χ0n) is 18.0. The van der Waals surface area contributed by atoms with Gasteiger partial charge < -0.3 is 15.0 Å². The average Bonchev–Trinajstić information content (AvgIpc) is 2.80. The summed E-state index contributed by atoms with van der Waals surface area (Å²) in [7, 11) is -4.30. The van der Waals surface area contributed by atoms with Crippen molar-refractivity contribution in [1.82, 2.24) is 9.21 Å². The Morgan fingerprint density at radius 2 is 1.55 bits per heavy atom. The molecule has 2 fully saturated rings. The summed E-state index contributed by atoms with van der Waals surface area (Å²) >= 11 is 0. The molecule has 2 saturated heterocycles. The number of hydrogen-bond donors (Lipinski definition) is 1. The van der Waals surface area contributed by atoms with Crippen molar-refractivity contribution in [1.29, 1.82) is 0 Å².